The van der Waals surface area contributed by atoms with E-state index in [0.29, 0.717) is 24.3 Å². The van der Waals surface area contributed by atoms with E-state index in [9.17, 15) is 18.5 Å². The Kier molecular flexibility index (Phi) is 5.90. The summed E-state index contributed by atoms with van der Waals surface area (Å²) in [5.41, 5.74) is 0.943. The number of nitro benzene ring substituents is 1. The Bertz CT molecular complexity index is 971. The van der Waals surface area contributed by atoms with Crippen molar-refractivity contribution in [2.45, 2.75) is 4.90 Å². The number of hydrogen-bond donors (Lipinski definition) is 0. The van der Waals surface area contributed by atoms with E-state index >= 15 is 0 Å². The Balaban J connectivity index is 1.78. The maximum Gasteiger partial charge on any atom is 0.293 e. The van der Waals surface area contributed by atoms with Gasteiger partial charge in [-0.05, 0) is 18.2 Å². The lowest BCUT2D eigenvalue weighted by Crippen LogP contribution is -2.48. The van der Waals surface area contributed by atoms with Crippen LogP contribution in [0.25, 0.3) is 0 Å². The molecule has 1 fully saturated rings. The van der Waals surface area contributed by atoms with Gasteiger partial charge in [-0.15, -0.1) is 0 Å². The van der Waals surface area contributed by atoms with Crippen molar-refractivity contribution in [1.29, 1.82) is 0 Å². The maximum absolute atomic E-state index is 12.7. The summed E-state index contributed by atoms with van der Waals surface area (Å²) in [5.74, 6) is 0. The molecule has 1 heterocycles. The predicted octanol–water partition coefficient (Wildman–Crippen LogP) is 2.09. The number of piperazine rings is 1. The standard InChI is InChI=1S/C18H20N4O5S/c1-27-19-14-15-7-8-17(18(13-15)22(23)24)20-9-11-21(12-10-20)28(25,26)16-5-3-2-4-6-16/h2-8,13-14H,9-12H2,1H3/b19-14+. The summed E-state index contributed by atoms with van der Waals surface area (Å²) in [7, 11) is -2.18. The summed E-state index contributed by atoms with van der Waals surface area (Å²) in [4.78, 5) is 17.7. The molecule has 1 aliphatic heterocycles. The number of benzene rings is 2. The molecule has 3 rings (SSSR count). The van der Waals surface area contributed by atoms with Gasteiger partial charge >= 0.3 is 0 Å². The quantitative estimate of drug-likeness (QED) is 0.415. The summed E-state index contributed by atoms with van der Waals surface area (Å²) < 4.78 is 26.9. The van der Waals surface area contributed by atoms with Gasteiger partial charge in [-0.3, -0.25) is 10.1 Å². The zero-order chi connectivity index (χ0) is 20.1. The third-order valence-electron chi connectivity index (χ3n) is 4.46. The van der Waals surface area contributed by atoms with E-state index in [1.807, 2.05) is 4.90 Å². The highest BCUT2D eigenvalue weighted by atomic mass is 32.2. The number of anilines is 1. The molecule has 148 valence electrons. The first-order valence-corrected chi connectivity index (χ1v) is 10.0. The van der Waals surface area contributed by atoms with Crippen LogP contribution in [0.1, 0.15) is 5.56 Å². The number of oxime groups is 1. The second-order valence-electron chi connectivity index (χ2n) is 6.13. The lowest BCUT2D eigenvalue weighted by molar-refractivity contribution is -0.384. The fourth-order valence-electron chi connectivity index (χ4n) is 3.06. The van der Waals surface area contributed by atoms with Gasteiger partial charge in [0.15, 0.2) is 0 Å². The second kappa shape index (κ2) is 8.36. The van der Waals surface area contributed by atoms with Crippen molar-refractivity contribution in [3.05, 3.63) is 64.2 Å². The van der Waals surface area contributed by atoms with Crippen LogP contribution in [0.5, 0.6) is 0 Å². The number of sulfonamides is 1. The number of rotatable bonds is 6. The Morgan fingerprint density at radius 2 is 1.79 bits per heavy atom. The monoisotopic (exact) mass is 404 g/mol. The molecule has 10 heteroatoms. The zero-order valence-electron chi connectivity index (χ0n) is 15.3. The molecule has 9 nitrogen and oxygen atoms in total. The predicted molar refractivity (Wildman–Crippen MR) is 105 cm³/mol. The van der Waals surface area contributed by atoms with Gasteiger partial charge < -0.3 is 9.74 Å². The molecule has 0 saturated carbocycles. The zero-order valence-corrected chi connectivity index (χ0v) is 16.1. The first kappa shape index (κ1) is 19.8. The molecule has 0 unspecified atom stereocenters. The van der Waals surface area contributed by atoms with Crippen molar-refractivity contribution in [3.63, 3.8) is 0 Å². The highest BCUT2D eigenvalue weighted by molar-refractivity contribution is 7.89. The SMILES string of the molecule is CO/N=C/c1ccc(N2CCN(S(=O)(=O)c3ccccc3)CC2)c([N+](=O)[O-])c1. The van der Waals surface area contributed by atoms with Crippen molar-refractivity contribution >= 4 is 27.6 Å². The first-order chi connectivity index (χ1) is 13.4. The van der Waals surface area contributed by atoms with E-state index in [-0.39, 0.29) is 23.7 Å². The molecule has 2 aromatic carbocycles. The minimum absolute atomic E-state index is 0.0561. The van der Waals surface area contributed by atoms with Crippen LogP contribution in [0.4, 0.5) is 11.4 Å². The van der Waals surface area contributed by atoms with Crippen molar-refractivity contribution in [1.82, 2.24) is 4.31 Å². The summed E-state index contributed by atoms with van der Waals surface area (Å²) in [6.45, 7) is 1.22. The van der Waals surface area contributed by atoms with Crippen LogP contribution in [0.15, 0.2) is 58.6 Å². The van der Waals surface area contributed by atoms with Gasteiger partial charge in [-0.25, -0.2) is 8.42 Å². The van der Waals surface area contributed by atoms with Gasteiger partial charge in [0.05, 0.1) is 16.0 Å². The van der Waals surface area contributed by atoms with Gasteiger partial charge in [0.2, 0.25) is 10.0 Å². The first-order valence-electron chi connectivity index (χ1n) is 8.58. The van der Waals surface area contributed by atoms with Crippen LogP contribution in [0.3, 0.4) is 0 Å². The smallest absolute Gasteiger partial charge is 0.293 e. The molecular formula is C18H20N4O5S. The molecular weight excluding hydrogens is 384 g/mol. The summed E-state index contributed by atoms with van der Waals surface area (Å²) in [6.07, 6.45) is 1.39. The average molecular weight is 404 g/mol. The fourth-order valence-corrected chi connectivity index (χ4v) is 4.50. The molecule has 28 heavy (non-hydrogen) atoms. The minimum Gasteiger partial charge on any atom is -0.399 e. The highest BCUT2D eigenvalue weighted by Crippen LogP contribution is 2.30. The molecule has 0 radical (unpaired) electrons. The molecule has 1 saturated heterocycles. The molecule has 0 spiro atoms. The van der Waals surface area contributed by atoms with Gasteiger partial charge in [0, 0.05) is 37.8 Å². The summed E-state index contributed by atoms with van der Waals surface area (Å²) in [5, 5.41) is 15.1. The third-order valence-corrected chi connectivity index (χ3v) is 6.38. The highest BCUT2D eigenvalue weighted by Gasteiger charge is 2.30. The van der Waals surface area contributed by atoms with E-state index in [1.165, 1.54) is 23.7 Å². The van der Waals surface area contributed by atoms with E-state index in [4.69, 9.17) is 0 Å². The van der Waals surface area contributed by atoms with E-state index in [2.05, 4.69) is 9.99 Å². The summed E-state index contributed by atoms with van der Waals surface area (Å²) in [6, 6.07) is 13.0. The molecule has 0 N–H and O–H groups in total. The number of nitrogens with zero attached hydrogens (tertiary/aromatic N) is 4. The summed E-state index contributed by atoms with van der Waals surface area (Å²) >= 11 is 0. The molecule has 0 aromatic heterocycles. The maximum atomic E-state index is 12.7. The van der Waals surface area contributed by atoms with Gasteiger partial charge in [0.25, 0.3) is 5.69 Å². The molecule has 1 aliphatic rings. The Labute approximate surface area is 163 Å². The lowest BCUT2D eigenvalue weighted by atomic mass is 10.1. The van der Waals surface area contributed by atoms with E-state index in [0.717, 1.165) is 0 Å². The van der Waals surface area contributed by atoms with Gasteiger partial charge in [-0.2, -0.15) is 4.31 Å². The minimum atomic E-state index is -3.57. The number of nitro groups is 1. The Morgan fingerprint density at radius 1 is 1.11 bits per heavy atom. The van der Waals surface area contributed by atoms with E-state index in [1.54, 1.807) is 42.5 Å². The van der Waals surface area contributed by atoms with Crippen molar-refractivity contribution in [3.8, 4) is 0 Å². The van der Waals surface area contributed by atoms with Gasteiger partial charge in [0.1, 0.15) is 12.8 Å². The molecule has 0 atom stereocenters. The lowest BCUT2D eigenvalue weighted by Gasteiger charge is -2.35. The van der Waals surface area contributed by atoms with Crippen LogP contribution < -0.4 is 4.90 Å². The third kappa shape index (κ3) is 4.12. The van der Waals surface area contributed by atoms with Crippen molar-refractivity contribution in [2.24, 2.45) is 5.16 Å². The van der Waals surface area contributed by atoms with E-state index < -0.39 is 14.9 Å². The molecule has 2 aromatic rings. The molecule has 0 amide bonds. The topological polar surface area (TPSA) is 105 Å². The Hall–Kier alpha value is -2.98. The van der Waals surface area contributed by atoms with Crippen molar-refractivity contribution < 1.29 is 18.2 Å². The number of hydrogen-bond acceptors (Lipinski definition) is 7. The van der Waals surface area contributed by atoms with Crippen LogP contribution in [-0.4, -0.2) is 57.1 Å². The average Bonchev–Trinajstić information content (AvgIpc) is 2.72. The van der Waals surface area contributed by atoms with Crippen LogP contribution in [-0.2, 0) is 14.9 Å². The Morgan fingerprint density at radius 3 is 2.39 bits per heavy atom. The van der Waals surface area contributed by atoms with Crippen LogP contribution >= 0.6 is 0 Å². The van der Waals surface area contributed by atoms with Gasteiger partial charge in [-0.1, -0.05) is 29.4 Å². The van der Waals surface area contributed by atoms with Crippen LogP contribution in [0.2, 0.25) is 0 Å². The molecule has 0 bridgehead atoms. The normalized spacial score (nSPS) is 15.7. The fraction of sp³-hybridized carbons (Fsp3) is 0.278. The van der Waals surface area contributed by atoms with Crippen LogP contribution in [0, 0.1) is 10.1 Å². The van der Waals surface area contributed by atoms with Crippen molar-refractivity contribution in [2.75, 3.05) is 38.2 Å². The second-order valence-corrected chi connectivity index (χ2v) is 8.06. The molecule has 0 aliphatic carbocycles. The largest absolute Gasteiger partial charge is 0.399 e.